The maximum Gasteiger partial charge on any atom is 0.186 e. The number of nitrogens with zero attached hydrogens (tertiary/aromatic N) is 4. The number of terminal acetylenes is 1. The van der Waals surface area contributed by atoms with Gasteiger partial charge in [0, 0.05) is 17.5 Å². The zero-order valence-electron chi connectivity index (χ0n) is 22.0. The van der Waals surface area contributed by atoms with E-state index in [1.807, 2.05) is 5.38 Å². The average Bonchev–Trinajstić information content (AvgIpc) is 3.86. The van der Waals surface area contributed by atoms with Crippen LogP contribution in [0, 0.1) is 61.1 Å². The van der Waals surface area contributed by atoms with Crippen LogP contribution in [0.1, 0.15) is 18.9 Å². The standard InChI is InChI=1S/C14H7IN2O3S.C14H8N2O3S.C2H2.CH4/c15-14-12-11(18-3-4-19-12)13(21-14)10-2-1-9(20-10)5-8(6-16)7-17;15-6-9(7-16)5-10-1-2-11(19-10)14-13-12(8-20-14)17-3-4-18-13;1-2;/h1-2,5H,3-4H2;1-2,5,8H,3-4H2;1-2H;1H4. The van der Waals surface area contributed by atoms with Crippen LogP contribution in [0.15, 0.2) is 49.6 Å². The smallest absolute Gasteiger partial charge is 0.186 e. The van der Waals surface area contributed by atoms with Crippen LogP contribution in [0.3, 0.4) is 0 Å². The van der Waals surface area contributed by atoms with Crippen LogP contribution in [0.25, 0.3) is 33.4 Å². The van der Waals surface area contributed by atoms with Gasteiger partial charge in [0.1, 0.15) is 97.5 Å². The summed E-state index contributed by atoms with van der Waals surface area (Å²) in [5.41, 5.74) is -0.00281. The Morgan fingerprint density at radius 3 is 1.73 bits per heavy atom. The summed E-state index contributed by atoms with van der Waals surface area (Å²) in [5, 5.41) is 36.8. The van der Waals surface area contributed by atoms with Crippen molar-refractivity contribution >= 4 is 57.4 Å². The van der Waals surface area contributed by atoms with Gasteiger partial charge in [-0.3, -0.25) is 0 Å². The van der Waals surface area contributed by atoms with E-state index in [2.05, 4.69) is 35.4 Å². The summed E-state index contributed by atoms with van der Waals surface area (Å²) in [6.45, 7) is 2.10. The summed E-state index contributed by atoms with van der Waals surface area (Å²) < 4.78 is 34.6. The van der Waals surface area contributed by atoms with Crippen molar-refractivity contribution in [3.63, 3.8) is 0 Å². The Labute approximate surface area is 275 Å². The third-order valence-electron chi connectivity index (χ3n) is 5.42. The van der Waals surface area contributed by atoms with Gasteiger partial charge in [0.05, 0.1) is 0 Å². The van der Waals surface area contributed by atoms with Gasteiger partial charge >= 0.3 is 0 Å². The highest BCUT2D eigenvalue weighted by Crippen LogP contribution is 2.50. The van der Waals surface area contributed by atoms with Crippen molar-refractivity contribution in [1.29, 1.82) is 21.0 Å². The molecule has 0 aromatic carbocycles. The van der Waals surface area contributed by atoms with Gasteiger partial charge in [0.2, 0.25) is 0 Å². The first-order valence-corrected chi connectivity index (χ1v) is 14.8. The van der Waals surface area contributed by atoms with Crippen LogP contribution in [-0.2, 0) is 0 Å². The number of fused-ring (bicyclic) bond motifs is 2. The first-order chi connectivity index (χ1) is 21.0. The molecule has 0 radical (unpaired) electrons. The first kappa shape index (κ1) is 33.4. The third-order valence-corrected chi connectivity index (χ3v) is 8.48. The zero-order valence-corrected chi connectivity index (χ0v) is 25.7. The fraction of sp³-hybridized carbons (Fsp3) is 0.161. The van der Waals surface area contributed by atoms with E-state index >= 15 is 0 Å². The van der Waals surface area contributed by atoms with Gasteiger partial charge in [-0.25, -0.2) is 0 Å². The normalized spacial score (nSPS) is 11.5. The number of halogens is 1. The lowest BCUT2D eigenvalue weighted by atomic mass is 10.2. The molecule has 0 saturated carbocycles. The number of furan rings is 2. The SMILES string of the molecule is C.C#C.N#CC(C#N)=Cc1ccc(-c2sc(I)c3c2OCCO3)o1.N#CC(C#N)=Cc1ccc(-c2scc3c2OCCO3)o1. The van der Waals surface area contributed by atoms with Gasteiger partial charge in [-0.1, -0.05) is 7.43 Å². The summed E-state index contributed by atoms with van der Waals surface area (Å²) in [6.07, 6.45) is 10.8. The van der Waals surface area contributed by atoms with E-state index in [9.17, 15) is 0 Å². The second-order valence-corrected chi connectivity index (χ2v) is 11.7. The Bertz CT molecular complexity index is 1850. The number of ether oxygens (including phenoxy) is 4. The van der Waals surface area contributed by atoms with Gasteiger partial charge in [-0.15, -0.1) is 35.5 Å². The molecular formula is C31H21IN4O6S2. The molecular weight excluding hydrogens is 715 g/mol. The highest BCUT2D eigenvalue weighted by molar-refractivity contribution is 14.1. The Balaban J connectivity index is 0.000000223. The van der Waals surface area contributed by atoms with Gasteiger partial charge in [0.25, 0.3) is 0 Å². The number of hydrogen-bond donors (Lipinski definition) is 0. The van der Waals surface area contributed by atoms with Crippen molar-refractivity contribution in [2.24, 2.45) is 0 Å². The monoisotopic (exact) mass is 736 g/mol. The molecule has 0 atom stereocenters. The van der Waals surface area contributed by atoms with E-state index in [-0.39, 0.29) is 18.6 Å². The van der Waals surface area contributed by atoms with Gasteiger partial charge in [0.15, 0.2) is 23.0 Å². The lowest BCUT2D eigenvalue weighted by Gasteiger charge is -2.15. The lowest BCUT2D eigenvalue weighted by Crippen LogP contribution is -2.14. The van der Waals surface area contributed by atoms with Crippen molar-refractivity contribution in [3.05, 3.63) is 55.2 Å². The van der Waals surface area contributed by atoms with Crippen molar-refractivity contribution in [2.45, 2.75) is 7.43 Å². The fourth-order valence-electron chi connectivity index (χ4n) is 3.68. The van der Waals surface area contributed by atoms with Gasteiger partial charge < -0.3 is 27.8 Å². The fourth-order valence-corrected chi connectivity index (χ4v) is 6.51. The van der Waals surface area contributed by atoms with E-state index < -0.39 is 0 Å². The molecule has 2 aliphatic heterocycles. The quantitative estimate of drug-likeness (QED) is 0.115. The van der Waals surface area contributed by atoms with E-state index in [0.29, 0.717) is 61.0 Å². The summed E-state index contributed by atoms with van der Waals surface area (Å²) in [5.74, 6) is 5.03. The molecule has 44 heavy (non-hydrogen) atoms. The molecule has 6 heterocycles. The Hall–Kier alpha value is -5.11. The molecule has 0 aliphatic carbocycles. The van der Waals surface area contributed by atoms with Crippen molar-refractivity contribution < 1.29 is 27.8 Å². The minimum atomic E-state index is -0.00160. The Morgan fingerprint density at radius 2 is 1.18 bits per heavy atom. The van der Waals surface area contributed by atoms with Crippen LogP contribution < -0.4 is 18.9 Å². The van der Waals surface area contributed by atoms with Crippen molar-refractivity contribution in [1.82, 2.24) is 0 Å². The molecule has 4 aromatic rings. The highest BCUT2D eigenvalue weighted by Gasteiger charge is 2.26. The molecule has 0 spiro atoms. The molecule has 0 bridgehead atoms. The number of thiophene rings is 2. The molecule has 0 N–H and O–H groups in total. The summed E-state index contributed by atoms with van der Waals surface area (Å²) in [4.78, 5) is 1.69. The summed E-state index contributed by atoms with van der Waals surface area (Å²) in [7, 11) is 0. The topological polar surface area (TPSA) is 158 Å². The Kier molecular flexibility index (Phi) is 12.1. The molecule has 10 nitrogen and oxygen atoms in total. The van der Waals surface area contributed by atoms with Gasteiger partial charge in [-0.05, 0) is 46.9 Å². The molecule has 0 saturated heterocycles. The molecule has 0 fully saturated rings. The van der Waals surface area contributed by atoms with Crippen LogP contribution in [0.4, 0.5) is 0 Å². The van der Waals surface area contributed by atoms with E-state index in [1.54, 1.807) is 48.5 Å². The minimum Gasteiger partial charge on any atom is -0.485 e. The Morgan fingerprint density at radius 1 is 0.705 bits per heavy atom. The van der Waals surface area contributed by atoms with E-state index in [1.165, 1.54) is 34.8 Å². The number of hydrogen-bond acceptors (Lipinski definition) is 12. The second kappa shape index (κ2) is 15.9. The number of rotatable bonds is 4. The predicted molar refractivity (Wildman–Crippen MR) is 174 cm³/mol. The first-order valence-electron chi connectivity index (χ1n) is 12.1. The predicted octanol–water partition coefficient (Wildman–Crippen LogP) is 7.91. The summed E-state index contributed by atoms with van der Waals surface area (Å²) in [6, 6.07) is 14.2. The maximum absolute atomic E-state index is 8.75. The number of nitriles is 4. The molecule has 6 rings (SSSR count). The molecule has 220 valence electrons. The number of allylic oxidation sites excluding steroid dienone is 2. The molecule has 2 aliphatic rings. The van der Waals surface area contributed by atoms with Crippen molar-refractivity contribution in [3.8, 4) is 81.4 Å². The van der Waals surface area contributed by atoms with Crippen LogP contribution in [0.5, 0.6) is 23.0 Å². The largest absolute Gasteiger partial charge is 0.485 e. The molecule has 0 amide bonds. The second-order valence-electron chi connectivity index (χ2n) is 7.98. The zero-order chi connectivity index (χ0) is 30.8. The highest BCUT2D eigenvalue weighted by atomic mass is 127. The molecule has 4 aromatic heterocycles. The average molecular weight is 737 g/mol. The van der Waals surface area contributed by atoms with Gasteiger partial charge in [-0.2, -0.15) is 21.0 Å². The third kappa shape index (κ3) is 7.45. The van der Waals surface area contributed by atoms with E-state index in [0.717, 1.165) is 24.1 Å². The lowest BCUT2D eigenvalue weighted by molar-refractivity contribution is 0.173. The van der Waals surface area contributed by atoms with Crippen LogP contribution in [-0.4, -0.2) is 26.4 Å². The van der Waals surface area contributed by atoms with Crippen LogP contribution >= 0.6 is 45.3 Å². The van der Waals surface area contributed by atoms with E-state index in [4.69, 9.17) is 48.8 Å². The van der Waals surface area contributed by atoms with Crippen LogP contribution in [0.2, 0.25) is 0 Å². The molecule has 13 heteroatoms. The summed E-state index contributed by atoms with van der Waals surface area (Å²) >= 11 is 5.19. The molecule has 0 unspecified atom stereocenters. The maximum atomic E-state index is 8.75. The minimum absolute atomic E-state index is 0. The van der Waals surface area contributed by atoms with Crippen molar-refractivity contribution in [2.75, 3.05) is 26.4 Å².